The van der Waals surface area contributed by atoms with Crippen LogP contribution in [0, 0.1) is 0 Å². The van der Waals surface area contributed by atoms with E-state index in [9.17, 15) is 9.59 Å². The van der Waals surface area contributed by atoms with Crippen molar-refractivity contribution in [2.45, 2.75) is 65.5 Å². The van der Waals surface area contributed by atoms with Crippen molar-refractivity contribution in [1.29, 1.82) is 0 Å². The minimum absolute atomic E-state index is 0.0102. The zero-order chi connectivity index (χ0) is 20.3. The lowest BCUT2D eigenvalue weighted by Gasteiger charge is -2.23. The molecule has 0 unspecified atom stereocenters. The zero-order valence-corrected chi connectivity index (χ0v) is 18.4. The number of aromatic nitrogens is 2. The highest BCUT2D eigenvalue weighted by molar-refractivity contribution is 7.18. The molecule has 1 aliphatic rings. The van der Waals surface area contributed by atoms with Crippen LogP contribution in [-0.4, -0.2) is 52.4 Å². The maximum Gasteiger partial charge on any atom is 0.263 e. The number of thiophene rings is 1. The molecule has 0 atom stereocenters. The molecule has 2 heterocycles. The van der Waals surface area contributed by atoms with Gasteiger partial charge in [0.1, 0.15) is 17.2 Å². The highest BCUT2D eigenvalue weighted by atomic mass is 32.1. The van der Waals surface area contributed by atoms with E-state index in [1.54, 1.807) is 15.9 Å². The van der Waals surface area contributed by atoms with Gasteiger partial charge in [-0.15, -0.1) is 11.3 Å². The quantitative estimate of drug-likeness (QED) is 0.679. The largest absolute Gasteiger partial charge is 0.341 e. The van der Waals surface area contributed by atoms with E-state index in [4.69, 9.17) is 4.98 Å². The highest BCUT2D eigenvalue weighted by Crippen LogP contribution is 2.33. The minimum Gasteiger partial charge on any atom is -0.341 e. The number of rotatable bonds is 8. The maximum atomic E-state index is 13.5. The van der Waals surface area contributed by atoms with Crippen LogP contribution in [0.3, 0.4) is 0 Å². The summed E-state index contributed by atoms with van der Waals surface area (Å²) in [6.07, 6.45) is 6.13. The van der Waals surface area contributed by atoms with Crippen LogP contribution in [0.25, 0.3) is 10.2 Å². The maximum absolute atomic E-state index is 13.5. The number of amides is 1. The number of aryl methyl sites for hydroxylation is 2. The molecular formula is C21H32N4O2S. The van der Waals surface area contributed by atoms with Gasteiger partial charge in [-0.05, 0) is 58.2 Å². The Morgan fingerprint density at radius 1 is 1.14 bits per heavy atom. The van der Waals surface area contributed by atoms with E-state index in [0.29, 0.717) is 12.4 Å². The van der Waals surface area contributed by atoms with Crippen molar-refractivity contribution >= 4 is 27.5 Å². The van der Waals surface area contributed by atoms with E-state index < -0.39 is 0 Å². The van der Waals surface area contributed by atoms with Crippen molar-refractivity contribution in [3.8, 4) is 0 Å². The molecule has 0 bridgehead atoms. The molecule has 0 aromatic carbocycles. The van der Waals surface area contributed by atoms with Crippen LogP contribution >= 0.6 is 11.3 Å². The molecule has 3 rings (SSSR count). The Morgan fingerprint density at radius 3 is 2.46 bits per heavy atom. The molecular weight excluding hydrogens is 372 g/mol. The summed E-state index contributed by atoms with van der Waals surface area (Å²) in [6.45, 7) is 6.23. The third-order valence-corrected chi connectivity index (χ3v) is 6.43. The first kappa shape index (κ1) is 21.0. The van der Waals surface area contributed by atoms with Gasteiger partial charge in [0.25, 0.3) is 5.56 Å². The molecule has 0 saturated heterocycles. The Labute approximate surface area is 171 Å². The van der Waals surface area contributed by atoms with Gasteiger partial charge < -0.3 is 9.80 Å². The van der Waals surface area contributed by atoms with Crippen LogP contribution in [0.1, 0.15) is 55.8 Å². The molecule has 6 nitrogen and oxygen atoms in total. The first-order chi connectivity index (χ1) is 13.5. The van der Waals surface area contributed by atoms with Gasteiger partial charge in [-0.25, -0.2) is 4.98 Å². The standard InChI is InChI=1S/C21H32N4O2S/c1-5-11-24(12-6-2)18(26)14-25-17(13-23(3)4)22-20-19(21(25)27)15-9-7-8-10-16(15)28-20/h5-14H2,1-4H3. The molecule has 0 spiro atoms. The molecule has 0 aliphatic heterocycles. The topological polar surface area (TPSA) is 58.4 Å². The number of carbonyl (C=O) groups excluding carboxylic acids is 1. The van der Waals surface area contributed by atoms with Crippen molar-refractivity contribution in [2.75, 3.05) is 27.2 Å². The first-order valence-electron chi connectivity index (χ1n) is 10.4. The smallest absolute Gasteiger partial charge is 0.263 e. The molecule has 7 heteroatoms. The summed E-state index contributed by atoms with van der Waals surface area (Å²) >= 11 is 1.67. The van der Waals surface area contributed by atoms with Gasteiger partial charge >= 0.3 is 0 Å². The van der Waals surface area contributed by atoms with Gasteiger partial charge in [0, 0.05) is 18.0 Å². The third-order valence-electron chi connectivity index (χ3n) is 5.24. The minimum atomic E-state index is -0.0393. The highest BCUT2D eigenvalue weighted by Gasteiger charge is 2.24. The van der Waals surface area contributed by atoms with Crippen molar-refractivity contribution in [3.63, 3.8) is 0 Å². The molecule has 2 aromatic heterocycles. The average molecular weight is 405 g/mol. The van der Waals surface area contributed by atoms with Crippen LogP contribution < -0.4 is 5.56 Å². The average Bonchev–Trinajstić information content (AvgIpc) is 3.02. The van der Waals surface area contributed by atoms with Crippen LogP contribution in [0.2, 0.25) is 0 Å². The van der Waals surface area contributed by atoms with E-state index in [0.717, 1.165) is 55.4 Å². The lowest BCUT2D eigenvalue weighted by molar-refractivity contribution is -0.132. The fraction of sp³-hybridized carbons (Fsp3) is 0.667. The number of fused-ring (bicyclic) bond motifs is 3. The number of hydrogen-bond acceptors (Lipinski definition) is 5. The van der Waals surface area contributed by atoms with Crippen molar-refractivity contribution in [1.82, 2.24) is 19.4 Å². The lowest BCUT2D eigenvalue weighted by Crippen LogP contribution is -2.39. The SMILES string of the molecule is CCCN(CCC)C(=O)Cn1c(CN(C)C)nc2sc3c(c2c1=O)CCCC3. The molecule has 28 heavy (non-hydrogen) atoms. The molecule has 0 N–H and O–H groups in total. The van der Waals surface area contributed by atoms with E-state index in [-0.39, 0.29) is 18.0 Å². The molecule has 1 amide bonds. The van der Waals surface area contributed by atoms with Gasteiger partial charge in [0.2, 0.25) is 5.91 Å². The molecule has 0 fully saturated rings. The lowest BCUT2D eigenvalue weighted by atomic mass is 9.97. The van der Waals surface area contributed by atoms with Gasteiger partial charge in [0.15, 0.2) is 0 Å². The molecule has 1 aliphatic carbocycles. The van der Waals surface area contributed by atoms with Crippen molar-refractivity contribution < 1.29 is 4.79 Å². The molecule has 2 aromatic rings. The van der Waals surface area contributed by atoms with Crippen molar-refractivity contribution in [3.05, 3.63) is 26.6 Å². The molecule has 0 radical (unpaired) electrons. The monoisotopic (exact) mass is 404 g/mol. The number of nitrogens with zero attached hydrogens (tertiary/aromatic N) is 4. The summed E-state index contributed by atoms with van der Waals surface area (Å²) in [5, 5.41) is 0.757. The van der Waals surface area contributed by atoms with Crippen LogP contribution in [0.5, 0.6) is 0 Å². The van der Waals surface area contributed by atoms with E-state index in [1.165, 1.54) is 16.9 Å². The van der Waals surface area contributed by atoms with Gasteiger partial charge in [-0.1, -0.05) is 13.8 Å². The predicted octanol–water partition coefficient (Wildman–Crippen LogP) is 3.05. The summed E-state index contributed by atoms with van der Waals surface area (Å²) in [5.74, 6) is 0.693. The van der Waals surface area contributed by atoms with E-state index in [1.807, 2.05) is 23.9 Å². The second-order valence-corrected chi connectivity index (χ2v) is 9.01. The first-order valence-corrected chi connectivity index (χ1v) is 11.2. The summed E-state index contributed by atoms with van der Waals surface area (Å²) in [5.41, 5.74) is 1.14. The van der Waals surface area contributed by atoms with Crippen LogP contribution in [0.4, 0.5) is 0 Å². The Balaban J connectivity index is 2.06. The van der Waals surface area contributed by atoms with E-state index in [2.05, 4.69) is 13.8 Å². The summed E-state index contributed by atoms with van der Waals surface area (Å²) in [7, 11) is 3.92. The van der Waals surface area contributed by atoms with E-state index >= 15 is 0 Å². The fourth-order valence-corrected chi connectivity index (χ4v) is 5.25. The third kappa shape index (κ3) is 4.30. The van der Waals surface area contributed by atoms with Crippen LogP contribution in [-0.2, 0) is 30.7 Å². The summed E-state index contributed by atoms with van der Waals surface area (Å²) in [6, 6.07) is 0. The second-order valence-electron chi connectivity index (χ2n) is 7.93. The van der Waals surface area contributed by atoms with Crippen molar-refractivity contribution in [2.24, 2.45) is 0 Å². The Bertz CT molecular complexity index is 894. The Kier molecular flexibility index (Phi) is 6.88. The predicted molar refractivity (Wildman–Crippen MR) is 115 cm³/mol. The fourth-order valence-electron chi connectivity index (χ4n) is 3.98. The van der Waals surface area contributed by atoms with Gasteiger partial charge in [0.05, 0.1) is 11.9 Å². The second kappa shape index (κ2) is 9.18. The van der Waals surface area contributed by atoms with Crippen LogP contribution in [0.15, 0.2) is 4.79 Å². The zero-order valence-electron chi connectivity index (χ0n) is 17.6. The normalized spacial score (nSPS) is 13.9. The molecule has 0 saturated carbocycles. The molecule has 154 valence electrons. The van der Waals surface area contributed by atoms with Gasteiger partial charge in [-0.3, -0.25) is 14.2 Å². The Morgan fingerprint density at radius 2 is 1.82 bits per heavy atom. The number of hydrogen-bond donors (Lipinski definition) is 0. The summed E-state index contributed by atoms with van der Waals surface area (Å²) < 4.78 is 1.63. The Hall–Kier alpha value is -1.73. The van der Waals surface area contributed by atoms with Gasteiger partial charge in [-0.2, -0.15) is 0 Å². The summed E-state index contributed by atoms with van der Waals surface area (Å²) in [4.78, 5) is 37.3. The number of carbonyl (C=O) groups is 1.